The number of carbonyl (C=O) groups is 2. The summed E-state index contributed by atoms with van der Waals surface area (Å²) >= 11 is 0. The van der Waals surface area contributed by atoms with Crippen LogP contribution in [0.5, 0.6) is 5.75 Å². The van der Waals surface area contributed by atoms with Crippen LogP contribution in [0.3, 0.4) is 0 Å². The molecule has 0 bridgehead atoms. The van der Waals surface area contributed by atoms with Crippen molar-refractivity contribution in [2.75, 3.05) is 11.9 Å². The van der Waals surface area contributed by atoms with E-state index >= 15 is 0 Å². The lowest BCUT2D eigenvalue weighted by atomic mass is 10.1. The number of allylic oxidation sites excluding steroid dienone is 1. The van der Waals surface area contributed by atoms with Crippen LogP contribution >= 0.6 is 0 Å². The number of para-hydroxylation sites is 2. The maximum Gasteiger partial charge on any atom is 0.337 e. The van der Waals surface area contributed by atoms with Crippen LogP contribution in [-0.4, -0.2) is 28.2 Å². The first-order chi connectivity index (χ1) is 14.0. The lowest BCUT2D eigenvalue weighted by Crippen LogP contribution is -2.31. The third kappa shape index (κ3) is 3.75. The summed E-state index contributed by atoms with van der Waals surface area (Å²) in [6.07, 6.45) is 1.57. The summed E-state index contributed by atoms with van der Waals surface area (Å²) in [4.78, 5) is 37.7. The first-order valence-electron chi connectivity index (χ1n) is 9.02. The van der Waals surface area contributed by atoms with Crippen molar-refractivity contribution in [1.82, 2.24) is 4.57 Å². The van der Waals surface area contributed by atoms with Crippen molar-refractivity contribution >= 4 is 28.5 Å². The molecule has 0 fully saturated rings. The quantitative estimate of drug-likeness (QED) is 0.600. The molecule has 0 atom stereocenters. The second-order valence-electron chi connectivity index (χ2n) is 6.16. The number of ether oxygens (including phenoxy) is 1. The predicted molar refractivity (Wildman–Crippen MR) is 111 cm³/mol. The number of fused-ring (bicyclic) bond motifs is 1. The number of nitrogens with one attached hydrogen (secondary N) is 1. The molecule has 0 aliphatic rings. The van der Waals surface area contributed by atoms with Gasteiger partial charge in [-0.3, -0.25) is 9.59 Å². The van der Waals surface area contributed by atoms with Gasteiger partial charge < -0.3 is 19.7 Å². The number of aromatic carboxylic acids is 1. The van der Waals surface area contributed by atoms with E-state index in [0.717, 1.165) is 0 Å². The van der Waals surface area contributed by atoms with Gasteiger partial charge in [-0.1, -0.05) is 30.3 Å². The SMILES string of the molecule is C=CCn1c(=O)c(C(=O)Nc2ccccc2C(=O)O)c(OCC)c2ccccc21. The number of benzene rings is 2. The summed E-state index contributed by atoms with van der Waals surface area (Å²) in [5.41, 5.74) is -0.102. The van der Waals surface area contributed by atoms with E-state index in [9.17, 15) is 19.5 Å². The number of carboxylic acid groups (broad SMARTS) is 1. The van der Waals surface area contributed by atoms with Gasteiger partial charge in [0.2, 0.25) is 0 Å². The molecule has 0 spiro atoms. The largest absolute Gasteiger partial charge is 0.492 e. The molecule has 7 heteroatoms. The monoisotopic (exact) mass is 392 g/mol. The number of anilines is 1. The van der Waals surface area contributed by atoms with Crippen LogP contribution in [-0.2, 0) is 6.54 Å². The zero-order valence-corrected chi connectivity index (χ0v) is 15.8. The maximum atomic E-state index is 13.2. The van der Waals surface area contributed by atoms with Crippen molar-refractivity contribution in [3.8, 4) is 5.75 Å². The minimum Gasteiger partial charge on any atom is -0.492 e. The number of carbonyl (C=O) groups excluding carboxylic acids is 1. The van der Waals surface area contributed by atoms with Gasteiger partial charge in [0.15, 0.2) is 0 Å². The fourth-order valence-corrected chi connectivity index (χ4v) is 3.15. The van der Waals surface area contributed by atoms with Crippen LogP contribution in [0.4, 0.5) is 5.69 Å². The fraction of sp³-hybridized carbons (Fsp3) is 0.136. The Hall–Kier alpha value is -3.87. The van der Waals surface area contributed by atoms with Crippen LogP contribution in [0.25, 0.3) is 10.9 Å². The van der Waals surface area contributed by atoms with Gasteiger partial charge in [0.1, 0.15) is 11.3 Å². The molecule has 0 aliphatic heterocycles. The predicted octanol–water partition coefficient (Wildman–Crippen LogP) is 3.54. The number of nitrogens with zero attached hydrogens (tertiary/aromatic N) is 1. The summed E-state index contributed by atoms with van der Waals surface area (Å²) < 4.78 is 7.12. The highest BCUT2D eigenvalue weighted by Crippen LogP contribution is 2.29. The van der Waals surface area contributed by atoms with E-state index in [1.54, 1.807) is 49.4 Å². The highest BCUT2D eigenvalue weighted by Gasteiger charge is 2.24. The number of amides is 1. The zero-order valence-electron chi connectivity index (χ0n) is 15.8. The molecule has 148 valence electrons. The third-order valence-corrected chi connectivity index (χ3v) is 4.36. The Morgan fingerprint density at radius 3 is 2.55 bits per heavy atom. The molecule has 0 radical (unpaired) electrons. The summed E-state index contributed by atoms with van der Waals surface area (Å²) in [7, 11) is 0. The van der Waals surface area contributed by atoms with E-state index in [2.05, 4.69) is 11.9 Å². The van der Waals surface area contributed by atoms with E-state index in [-0.39, 0.29) is 35.7 Å². The first kappa shape index (κ1) is 19.9. The highest BCUT2D eigenvalue weighted by molar-refractivity contribution is 6.11. The molecule has 0 aliphatic carbocycles. The van der Waals surface area contributed by atoms with Gasteiger partial charge in [-0.15, -0.1) is 6.58 Å². The minimum atomic E-state index is -1.19. The molecule has 1 aromatic heterocycles. The van der Waals surface area contributed by atoms with Crippen LogP contribution in [0.2, 0.25) is 0 Å². The van der Waals surface area contributed by atoms with Crippen molar-refractivity contribution < 1.29 is 19.4 Å². The lowest BCUT2D eigenvalue weighted by molar-refractivity contribution is 0.0698. The molecule has 3 rings (SSSR count). The first-order valence-corrected chi connectivity index (χ1v) is 9.02. The molecule has 0 saturated heterocycles. The molecule has 2 aromatic carbocycles. The van der Waals surface area contributed by atoms with Crippen molar-refractivity contribution in [2.45, 2.75) is 13.5 Å². The van der Waals surface area contributed by atoms with Crippen LogP contribution in [0.15, 0.2) is 66.0 Å². The normalized spacial score (nSPS) is 10.5. The lowest BCUT2D eigenvalue weighted by Gasteiger charge is -2.17. The number of carboxylic acids is 1. The van der Waals surface area contributed by atoms with Crippen LogP contribution < -0.4 is 15.6 Å². The molecule has 7 nitrogen and oxygen atoms in total. The second kappa shape index (κ2) is 8.43. The fourth-order valence-electron chi connectivity index (χ4n) is 3.15. The average Bonchev–Trinajstić information content (AvgIpc) is 2.71. The minimum absolute atomic E-state index is 0.0778. The molecule has 0 saturated carbocycles. The smallest absolute Gasteiger partial charge is 0.337 e. The van der Waals surface area contributed by atoms with Gasteiger partial charge in [0.05, 0.1) is 23.4 Å². The Kier molecular flexibility index (Phi) is 5.78. The van der Waals surface area contributed by atoms with E-state index in [4.69, 9.17) is 4.74 Å². The number of rotatable bonds is 7. The Labute approximate surface area is 166 Å². The van der Waals surface area contributed by atoms with Gasteiger partial charge >= 0.3 is 5.97 Å². The highest BCUT2D eigenvalue weighted by atomic mass is 16.5. The molecule has 3 aromatic rings. The van der Waals surface area contributed by atoms with E-state index in [0.29, 0.717) is 10.9 Å². The van der Waals surface area contributed by atoms with Crippen LogP contribution in [0, 0.1) is 0 Å². The maximum absolute atomic E-state index is 13.2. The average molecular weight is 392 g/mol. The van der Waals surface area contributed by atoms with E-state index < -0.39 is 17.4 Å². The molecule has 29 heavy (non-hydrogen) atoms. The number of aromatic nitrogens is 1. The third-order valence-electron chi connectivity index (χ3n) is 4.36. The zero-order chi connectivity index (χ0) is 21.0. The van der Waals surface area contributed by atoms with Gasteiger partial charge in [-0.05, 0) is 31.2 Å². The number of hydrogen-bond donors (Lipinski definition) is 2. The number of hydrogen-bond acceptors (Lipinski definition) is 4. The van der Waals surface area contributed by atoms with Crippen LogP contribution in [0.1, 0.15) is 27.6 Å². The topological polar surface area (TPSA) is 97.6 Å². The Bertz CT molecular complexity index is 1160. The standard InChI is InChI=1S/C22H20N2O5/c1-3-13-24-17-12-8-6-10-15(17)19(29-4-2)18(21(24)26)20(25)23-16-11-7-5-9-14(16)22(27)28/h3,5-12H,1,4,13H2,2H3,(H,23,25)(H,27,28). The Morgan fingerprint density at radius 2 is 1.86 bits per heavy atom. The summed E-state index contributed by atoms with van der Waals surface area (Å²) in [5, 5.41) is 12.5. The summed E-state index contributed by atoms with van der Waals surface area (Å²) in [6.45, 7) is 5.89. The molecular weight excluding hydrogens is 372 g/mol. The van der Waals surface area contributed by atoms with Gasteiger partial charge in [-0.25, -0.2) is 4.79 Å². The van der Waals surface area contributed by atoms with Crippen molar-refractivity contribution in [3.05, 3.63) is 82.7 Å². The van der Waals surface area contributed by atoms with Gasteiger partial charge in [0, 0.05) is 11.9 Å². The van der Waals surface area contributed by atoms with E-state index in [1.807, 2.05) is 0 Å². The summed E-state index contributed by atoms with van der Waals surface area (Å²) in [6, 6.07) is 13.1. The van der Waals surface area contributed by atoms with Crippen molar-refractivity contribution in [1.29, 1.82) is 0 Å². The van der Waals surface area contributed by atoms with Gasteiger partial charge in [-0.2, -0.15) is 0 Å². The van der Waals surface area contributed by atoms with E-state index in [1.165, 1.54) is 16.7 Å². The molecule has 1 heterocycles. The summed E-state index contributed by atoms with van der Waals surface area (Å²) in [5.74, 6) is -1.76. The molecular formula is C22H20N2O5. The Morgan fingerprint density at radius 1 is 1.17 bits per heavy atom. The molecule has 1 amide bonds. The van der Waals surface area contributed by atoms with Crippen molar-refractivity contribution in [3.63, 3.8) is 0 Å². The molecule has 0 unspecified atom stereocenters. The van der Waals surface area contributed by atoms with Crippen molar-refractivity contribution in [2.24, 2.45) is 0 Å². The Balaban J connectivity index is 2.23. The van der Waals surface area contributed by atoms with Gasteiger partial charge in [0.25, 0.3) is 11.5 Å². The number of pyridine rings is 1. The molecule has 2 N–H and O–H groups in total. The second-order valence-corrected chi connectivity index (χ2v) is 6.16.